The Bertz CT molecular complexity index is 89.1. The summed E-state index contributed by atoms with van der Waals surface area (Å²) < 4.78 is 36.3. The number of halogens is 3. The van der Waals surface area contributed by atoms with Crippen LogP contribution in [0.4, 0.5) is 13.2 Å². The third kappa shape index (κ3) is 18.8. The van der Waals surface area contributed by atoms with E-state index in [1.54, 1.807) is 0 Å². The van der Waals surface area contributed by atoms with Crippen LogP contribution in [0.1, 0.15) is 0 Å². The second-order valence-electron chi connectivity index (χ2n) is 1.11. The van der Waals surface area contributed by atoms with E-state index in [-0.39, 0.29) is 59.1 Å². The summed E-state index contributed by atoms with van der Waals surface area (Å²) in [6, 6.07) is 0. The van der Waals surface area contributed by atoms with Gasteiger partial charge in [-0.05, 0) is 0 Å². The molecule has 0 aliphatic carbocycles. The Morgan fingerprint density at radius 1 is 1.18 bits per heavy atom. The van der Waals surface area contributed by atoms with Gasteiger partial charge in [0.2, 0.25) is 0 Å². The summed E-state index contributed by atoms with van der Waals surface area (Å²) in [4.78, 5) is 18.7. The van der Waals surface area contributed by atoms with Gasteiger partial charge >= 0.3 is 65.3 Å². The molecule has 0 saturated heterocycles. The van der Waals surface area contributed by atoms with Crippen LogP contribution < -0.4 is 68.9 Å². The van der Waals surface area contributed by atoms with Crippen molar-refractivity contribution in [2.75, 3.05) is 6.61 Å². The number of rotatable bonds is 2. The maximum atomic E-state index is 11.0. The van der Waals surface area contributed by atoms with E-state index in [1.165, 1.54) is 0 Å². The molecule has 0 aliphatic heterocycles. The standard InChI is InChI=1S/C2H2F3O3P.2Na/c3-2(4,5)1-8-9(6)7;;/h1H2;;/q-2;2*+1. The molecule has 0 unspecified atom stereocenters. The molecule has 0 amide bonds. The Morgan fingerprint density at radius 3 is 1.64 bits per heavy atom. The minimum atomic E-state index is -4.57. The molecule has 0 fully saturated rings. The van der Waals surface area contributed by atoms with Crippen LogP contribution in [0.25, 0.3) is 0 Å². The van der Waals surface area contributed by atoms with Crippen LogP contribution in [-0.2, 0) is 4.52 Å². The van der Waals surface area contributed by atoms with E-state index >= 15 is 0 Å². The van der Waals surface area contributed by atoms with Crippen molar-refractivity contribution >= 4 is 8.60 Å². The fourth-order valence-electron chi connectivity index (χ4n) is 0.126. The maximum absolute atomic E-state index is 11.0. The van der Waals surface area contributed by atoms with Gasteiger partial charge in [0.25, 0.3) is 0 Å². The van der Waals surface area contributed by atoms with Crippen LogP contribution >= 0.6 is 8.60 Å². The Balaban J connectivity index is -0.000000320. The van der Waals surface area contributed by atoms with Gasteiger partial charge < -0.3 is 14.3 Å². The Morgan fingerprint density at radius 2 is 1.55 bits per heavy atom. The summed E-state index contributed by atoms with van der Waals surface area (Å²) in [5, 5.41) is 0. The van der Waals surface area contributed by atoms with E-state index in [9.17, 15) is 23.0 Å². The second kappa shape index (κ2) is 8.69. The molecule has 0 aromatic carbocycles. The fourth-order valence-corrected chi connectivity index (χ4v) is 0.378. The van der Waals surface area contributed by atoms with Crippen molar-refractivity contribution in [2.24, 2.45) is 0 Å². The molecule has 0 aliphatic rings. The molecular weight excluding hydrogens is 206 g/mol. The quantitative estimate of drug-likeness (QED) is 0.335. The van der Waals surface area contributed by atoms with Gasteiger partial charge in [-0.15, -0.1) is 0 Å². The summed E-state index contributed by atoms with van der Waals surface area (Å²) in [7, 11) is -3.38. The summed E-state index contributed by atoms with van der Waals surface area (Å²) in [5.74, 6) is 0. The minimum Gasteiger partial charge on any atom is -0.820 e. The summed E-state index contributed by atoms with van der Waals surface area (Å²) in [5.41, 5.74) is 0. The average molecular weight is 208 g/mol. The molecule has 0 saturated carbocycles. The maximum Gasteiger partial charge on any atom is 1.00 e. The van der Waals surface area contributed by atoms with Crippen LogP contribution in [0.5, 0.6) is 0 Å². The first-order chi connectivity index (χ1) is 3.92. The molecule has 0 spiro atoms. The van der Waals surface area contributed by atoms with Crippen LogP contribution in [0.2, 0.25) is 0 Å². The Labute approximate surface area is 107 Å². The predicted molar refractivity (Wildman–Crippen MR) is 18.9 cm³/mol. The molecule has 9 heteroatoms. The first-order valence-corrected chi connectivity index (χ1v) is 2.85. The average Bonchev–Trinajstić information content (AvgIpc) is 1.59. The zero-order valence-electron chi connectivity index (χ0n) is 6.01. The molecule has 0 N–H and O–H groups in total. The summed E-state index contributed by atoms with van der Waals surface area (Å²) >= 11 is 0. The van der Waals surface area contributed by atoms with Crippen LogP contribution in [-0.4, -0.2) is 12.8 Å². The molecule has 56 valence electrons. The molecule has 3 nitrogen and oxygen atoms in total. The number of hydrogen-bond donors (Lipinski definition) is 0. The SMILES string of the molecule is [Na+].[Na+].[O-]P([O-])OCC(F)(F)F. The number of hydrogen-bond acceptors (Lipinski definition) is 3. The molecule has 11 heavy (non-hydrogen) atoms. The van der Waals surface area contributed by atoms with Gasteiger partial charge in [0, 0.05) is 0 Å². The molecule has 0 bridgehead atoms. The minimum absolute atomic E-state index is 0. The van der Waals surface area contributed by atoms with Crippen molar-refractivity contribution < 1.29 is 86.6 Å². The van der Waals surface area contributed by atoms with Crippen molar-refractivity contribution in [3.05, 3.63) is 0 Å². The third-order valence-corrected chi connectivity index (χ3v) is 0.674. The van der Waals surface area contributed by atoms with E-state index in [0.29, 0.717) is 0 Å². The fraction of sp³-hybridized carbons (Fsp3) is 1.00. The second-order valence-corrected chi connectivity index (χ2v) is 1.82. The zero-order valence-corrected chi connectivity index (χ0v) is 10.9. The topological polar surface area (TPSA) is 55.3 Å². The van der Waals surface area contributed by atoms with E-state index in [1.807, 2.05) is 0 Å². The van der Waals surface area contributed by atoms with Gasteiger partial charge in [0.15, 0.2) is 0 Å². The predicted octanol–water partition coefficient (Wildman–Crippen LogP) is -6.48. The zero-order chi connectivity index (χ0) is 7.49. The third-order valence-electron chi connectivity index (χ3n) is 0.334. The van der Waals surface area contributed by atoms with Crippen LogP contribution in [0, 0.1) is 0 Å². The van der Waals surface area contributed by atoms with Crippen molar-refractivity contribution in [2.45, 2.75) is 6.18 Å². The van der Waals surface area contributed by atoms with Crippen LogP contribution in [0.15, 0.2) is 0 Å². The molecular formula is C2H2F3Na2O3P. The monoisotopic (exact) mass is 208 g/mol. The molecule has 0 rings (SSSR count). The van der Waals surface area contributed by atoms with Crippen molar-refractivity contribution in [1.82, 2.24) is 0 Å². The largest absolute Gasteiger partial charge is 1.00 e. The van der Waals surface area contributed by atoms with Gasteiger partial charge in [-0.1, -0.05) is 0 Å². The van der Waals surface area contributed by atoms with Gasteiger partial charge in [-0.25, -0.2) is 0 Å². The van der Waals surface area contributed by atoms with E-state index in [0.717, 1.165) is 0 Å². The van der Waals surface area contributed by atoms with Crippen molar-refractivity contribution in [3.63, 3.8) is 0 Å². The Kier molecular flexibility index (Phi) is 14.8. The number of alkyl halides is 3. The normalized spacial score (nSPS) is 10.4. The van der Waals surface area contributed by atoms with Gasteiger partial charge in [0.1, 0.15) is 6.61 Å². The van der Waals surface area contributed by atoms with E-state index < -0.39 is 21.4 Å². The van der Waals surface area contributed by atoms with Crippen molar-refractivity contribution in [3.8, 4) is 0 Å². The van der Waals surface area contributed by atoms with Gasteiger partial charge in [0.05, 0.1) is 0 Å². The summed E-state index contributed by atoms with van der Waals surface area (Å²) in [6.45, 7) is -1.74. The van der Waals surface area contributed by atoms with E-state index in [2.05, 4.69) is 4.52 Å². The van der Waals surface area contributed by atoms with E-state index in [4.69, 9.17) is 0 Å². The van der Waals surface area contributed by atoms with Gasteiger partial charge in [-0.3, -0.25) is 0 Å². The van der Waals surface area contributed by atoms with Gasteiger partial charge in [-0.2, -0.15) is 21.8 Å². The smallest absolute Gasteiger partial charge is 0.820 e. The van der Waals surface area contributed by atoms with Crippen molar-refractivity contribution in [1.29, 1.82) is 0 Å². The first-order valence-electron chi connectivity index (χ1n) is 1.76. The summed E-state index contributed by atoms with van der Waals surface area (Å²) in [6.07, 6.45) is -4.57. The molecule has 0 aromatic heterocycles. The molecule has 0 radical (unpaired) electrons. The molecule has 0 atom stereocenters. The van der Waals surface area contributed by atoms with Crippen LogP contribution in [0.3, 0.4) is 0 Å². The first kappa shape index (κ1) is 18.8. The Hall–Kier alpha value is 2.10. The molecule has 0 aromatic rings. The molecule has 0 heterocycles.